The van der Waals surface area contributed by atoms with E-state index in [2.05, 4.69) is 18.6 Å². The summed E-state index contributed by atoms with van der Waals surface area (Å²) >= 11 is 0. The molecule has 0 aromatic carbocycles. The number of nitrogens with zero attached hydrogens (tertiary/aromatic N) is 1. The molecule has 11 nitrogen and oxygen atoms in total. The van der Waals surface area contributed by atoms with E-state index in [1.54, 1.807) is 0 Å². The van der Waals surface area contributed by atoms with Gasteiger partial charge < -0.3 is 30.5 Å². The summed E-state index contributed by atoms with van der Waals surface area (Å²) < 4.78 is 20.2. The van der Waals surface area contributed by atoms with Crippen LogP contribution < -0.4 is 17.0 Å². The van der Waals surface area contributed by atoms with E-state index in [4.69, 9.17) is 15.6 Å². The largest absolute Gasteiger partial charge is 0.405 e. The first-order valence-corrected chi connectivity index (χ1v) is 8.55. The Kier molecular flexibility index (Phi) is 11.4. The van der Waals surface area contributed by atoms with Crippen molar-refractivity contribution in [3.63, 3.8) is 0 Å². The van der Waals surface area contributed by atoms with Crippen LogP contribution >= 0.6 is 0 Å². The van der Waals surface area contributed by atoms with Crippen LogP contribution in [0.4, 0.5) is 4.39 Å². The number of hydrogen-bond donors (Lipinski definition) is 5. The fraction of sp³-hybridized carbons (Fsp3) is 0.688. The molecule has 2 rings (SSSR count). The van der Waals surface area contributed by atoms with Gasteiger partial charge in [0.25, 0.3) is 5.56 Å². The summed E-state index contributed by atoms with van der Waals surface area (Å²) in [7, 11) is 0.500. The standard InChI is InChI=1S/C12H17N3O8.C3H8.CH3F/c13-3-9(17)23-12(20,21)7-1-2-8(22-7)15-4-6(5-16)10(18)14-11(15)19;1-3-2;1-2/h4,7-8,16,20-21H,1-3,5,13H2,(H,14,18,19);3H2,1-2H3;1H3. The fourth-order valence-corrected chi connectivity index (χ4v) is 2.23. The van der Waals surface area contributed by atoms with Crippen LogP contribution in [0.3, 0.4) is 0 Å². The molecule has 6 N–H and O–H groups in total. The average molecular weight is 409 g/mol. The van der Waals surface area contributed by atoms with Crippen molar-refractivity contribution in [2.75, 3.05) is 13.7 Å². The second-order valence-corrected chi connectivity index (χ2v) is 5.68. The van der Waals surface area contributed by atoms with Gasteiger partial charge in [0, 0.05) is 6.20 Å². The van der Waals surface area contributed by atoms with Crippen molar-refractivity contribution in [2.24, 2.45) is 5.73 Å². The molecule has 28 heavy (non-hydrogen) atoms. The number of aliphatic hydroxyl groups is 3. The first-order chi connectivity index (χ1) is 13.2. The lowest BCUT2D eigenvalue weighted by Crippen LogP contribution is -2.47. The van der Waals surface area contributed by atoms with Gasteiger partial charge in [-0.2, -0.15) is 0 Å². The smallest absolute Gasteiger partial charge is 0.352 e. The summed E-state index contributed by atoms with van der Waals surface area (Å²) in [5.41, 5.74) is 3.47. The van der Waals surface area contributed by atoms with E-state index < -0.39 is 48.7 Å². The Morgan fingerprint density at radius 3 is 2.46 bits per heavy atom. The molecule has 1 fully saturated rings. The van der Waals surface area contributed by atoms with Gasteiger partial charge in [-0.15, -0.1) is 0 Å². The topological polar surface area (TPSA) is 177 Å². The van der Waals surface area contributed by atoms with Crippen LogP contribution in [0.15, 0.2) is 15.8 Å². The van der Waals surface area contributed by atoms with Crippen LogP contribution in [0, 0.1) is 0 Å². The lowest BCUT2D eigenvalue weighted by Gasteiger charge is -2.27. The highest BCUT2D eigenvalue weighted by molar-refractivity contribution is 5.71. The third-order valence-corrected chi connectivity index (χ3v) is 3.37. The van der Waals surface area contributed by atoms with Crippen molar-refractivity contribution in [3.05, 3.63) is 32.6 Å². The second-order valence-electron chi connectivity index (χ2n) is 5.68. The Morgan fingerprint density at radius 1 is 1.39 bits per heavy atom. The fourth-order valence-electron chi connectivity index (χ4n) is 2.23. The molecule has 0 spiro atoms. The van der Waals surface area contributed by atoms with E-state index in [-0.39, 0.29) is 18.4 Å². The maximum absolute atomic E-state index is 11.8. The molecule has 0 aliphatic carbocycles. The number of esters is 1. The van der Waals surface area contributed by atoms with Gasteiger partial charge in [0.15, 0.2) is 6.10 Å². The molecule has 1 aromatic heterocycles. The second kappa shape index (κ2) is 12.4. The maximum atomic E-state index is 11.8. The zero-order chi connectivity index (χ0) is 21.9. The molecular formula is C16H28FN3O8. The number of halogens is 1. The molecule has 1 aromatic rings. The van der Waals surface area contributed by atoms with Gasteiger partial charge in [-0.3, -0.25) is 23.5 Å². The summed E-state index contributed by atoms with van der Waals surface area (Å²) in [4.78, 5) is 36.3. The first kappa shape index (κ1) is 25.9. The molecule has 0 saturated carbocycles. The minimum Gasteiger partial charge on any atom is -0.405 e. The van der Waals surface area contributed by atoms with Crippen LogP contribution in [0.2, 0.25) is 0 Å². The average Bonchev–Trinajstić information content (AvgIpc) is 3.14. The molecule has 2 heterocycles. The van der Waals surface area contributed by atoms with Crippen LogP contribution in [0.1, 0.15) is 44.9 Å². The molecule has 0 amide bonds. The van der Waals surface area contributed by atoms with Gasteiger partial charge in [0.05, 0.1) is 25.9 Å². The van der Waals surface area contributed by atoms with E-state index in [9.17, 15) is 29.0 Å². The zero-order valence-electron chi connectivity index (χ0n) is 16.1. The number of aliphatic hydroxyl groups excluding tert-OH is 1. The molecule has 1 saturated heterocycles. The lowest BCUT2D eigenvalue weighted by atomic mass is 10.2. The minimum absolute atomic E-state index is 0.0505. The van der Waals surface area contributed by atoms with Crippen LogP contribution in [0.5, 0.6) is 0 Å². The van der Waals surface area contributed by atoms with Crippen LogP contribution in [-0.2, 0) is 20.9 Å². The molecule has 12 heteroatoms. The highest BCUT2D eigenvalue weighted by Crippen LogP contribution is 2.32. The number of ether oxygens (including phenoxy) is 2. The van der Waals surface area contributed by atoms with Gasteiger partial charge in [0.1, 0.15) is 6.23 Å². The monoisotopic (exact) mass is 409 g/mol. The summed E-state index contributed by atoms with van der Waals surface area (Å²) in [6.07, 6.45) is 0.390. The number of nitrogens with one attached hydrogen (secondary N) is 1. The van der Waals surface area contributed by atoms with Crippen molar-refractivity contribution in [1.82, 2.24) is 9.55 Å². The van der Waals surface area contributed by atoms with E-state index in [0.29, 0.717) is 7.18 Å². The summed E-state index contributed by atoms with van der Waals surface area (Å²) in [6.45, 7) is 3.13. The van der Waals surface area contributed by atoms with Gasteiger partial charge in [-0.25, -0.2) is 4.79 Å². The Bertz CT molecular complexity index is 719. The number of aromatic amines is 1. The Balaban J connectivity index is 0.00000133. The highest BCUT2D eigenvalue weighted by Gasteiger charge is 2.45. The van der Waals surface area contributed by atoms with Gasteiger partial charge in [0.2, 0.25) is 0 Å². The maximum Gasteiger partial charge on any atom is 0.352 e. The molecule has 2 atom stereocenters. The number of alkyl halides is 1. The van der Waals surface area contributed by atoms with Gasteiger partial charge in [-0.05, 0) is 12.8 Å². The van der Waals surface area contributed by atoms with Crippen LogP contribution in [0.25, 0.3) is 0 Å². The third-order valence-electron chi connectivity index (χ3n) is 3.37. The molecule has 0 bridgehead atoms. The Labute approximate surface area is 160 Å². The van der Waals surface area contributed by atoms with Gasteiger partial charge in [-0.1, -0.05) is 20.3 Å². The Hall–Kier alpha value is -2.12. The van der Waals surface area contributed by atoms with E-state index in [0.717, 1.165) is 10.8 Å². The van der Waals surface area contributed by atoms with E-state index in [1.165, 1.54) is 6.42 Å². The van der Waals surface area contributed by atoms with Crippen molar-refractivity contribution in [2.45, 2.75) is 58.0 Å². The quantitative estimate of drug-likeness (QED) is 0.297. The van der Waals surface area contributed by atoms with Crippen molar-refractivity contribution in [3.8, 4) is 0 Å². The predicted molar refractivity (Wildman–Crippen MR) is 95.7 cm³/mol. The number of H-pyrrole nitrogens is 1. The molecule has 1 aliphatic heterocycles. The Morgan fingerprint density at radius 2 is 1.96 bits per heavy atom. The van der Waals surface area contributed by atoms with E-state index in [1.807, 2.05) is 4.98 Å². The summed E-state index contributed by atoms with van der Waals surface area (Å²) in [6, 6.07) is 0. The van der Waals surface area contributed by atoms with Crippen molar-refractivity contribution in [1.29, 1.82) is 0 Å². The molecule has 2 unspecified atom stereocenters. The lowest BCUT2D eigenvalue weighted by molar-refractivity contribution is -0.362. The highest BCUT2D eigenvalue weighted by atomic mass is 19.1. The number of rotatable bonds is 5. The number of carbonyl (C=O) groups excluding carboxylic acids is 1. The van der Waals surface area contributed by atoms with Crippen molar-refractivity contribution < 1.29 is 34.0 Å². The number of aromatic nitrogens is 2. The first-order valence-electron chi connectivity index (χ1n) is 8.55. The summed E-state index contributed by atoms with van der Waals surface area (Å²) in [5.74, 6) is -3.93. The van der Waals surface area contributed by atoms with Crippen molar-refractivity contribution >= 4 is 5.97 Å². The third kappa shape index (κ3) is 7.13. The number of carbonyl (C=O) groups is 1. The number of nitrogens with two attached hydrogens (primary N) is 1. The van der Waals surface area contributed by atoms with Crippen LogP contribution in [-0.4, -0.2) is 56.6 Å². The van der Waals surface area contributed by atoms with Gasteiger partial charge >= 0.3 is 17.6 Å². The van der Waals surface area contributed by atoms with E-state index >= 15 is 0 Å². The predicted octanol–water partition coefficient (Wildman–Crippen LogP) is -1.15. The molecular weight excluding hydrogens is 381 g/mol. The normalized spacial score (nSPS) is 18.4. The summed E-state index contributed by atoms with van der Waals surface area (Å²) in [5, 5.41) is 28.5. The molecule has 0 radical (unpaired) electrons. The minimum atomic E-state index is -2.89. The SMILES string of the molecule is CCC.CF.NCC(=O)OC(O)(O)C1CCC(n2cc(CO)c(=O)[nH]c2=O)O1. The zero-order valence-corrected chi connectivity index (χ0v) is 16.1. The molecule has 1 aliphatic rings. The molecule has 162 valence electrons. The number of hydrogen-bond acceptors (Lipinski definition) is 9.